The molecule has 134 valence electrons. The summed E-state index contributed by atoms with van der Waals surface area (Å²) in [6, 6.07) is 0. The van der Waals surface area contributed by atoms with E-state index < -0.39 is 0 Å². The molecular formula is C18H29N3O3. The number of amides is 1. The highest BCUT2D eigenvalue weighted by Gasteiger charge is 2.56. The number of hydrogen-bond acceptors (Lipinski definition) is 4. The van der Waals surface area contributed by atoms with Crippen LogP contribution in [0.1, 0.15) is 57.3 Å². The molecular weight excluding hydrogens is 306 g/mol. The van der Waals surface area contributed by atoms with Gasteiger partial charge in [0.25, 0.3) is 5.91 Å². The summed E-state index contributed by atoms with van der Waals surface area (Å²) in [5.41, 5.74) is 0.351. The second-order valence-electron chi connectivity index (χ2n) is 8.07. The SMILES string of the molecule is CCO[C@H]1C[C@@H](O)C12CCN(C(=O)c1cnn(C(C)(C)C)c1)CC2. The van der Waals surface area contributed by atoms with Gasteiger partial charge in [-0.1, -0.05) is 0 Å². The Kier molecular flexibility index (Phi) is 4.47. The van der Waals surface area contributed by atoms with Gasteiger partial charge in [0.1, 0.15) is 0 Å². The number of aliphatic hydroxyl groups is 1. The van der Waals surface area contributed by atoms with Crippen molar-refractivity contribution >= 4 is 5.91 Å². The van der Waals surface area contributed by atoms with Gasteiger partial charge in [0, 0.05) is 37.7 Å². The zero-order valence-electron chi connectivity index (χ0n) is 15.2. The molecule has 0 radical (unpaired) electrons. The molecule has 1 spiro atoms. The van der Waals surface area contributed by atoms with Crippen LogP contribution in [-0.2, 0) is 10.3 Å². The van der Waals surface area contributed by atoms with Crippen molar-refractivity contribution in [3.8, 4) is 0 Å². The summed E-state index contributed by atoms with van der Waals surface area (Å²) in [7, 11) is 0. The van der Waals surface area contributed by atoms with Crippen LogP contribution in [0.2, 0.25) is 0 Å². The Balaban J connectivity index is 1.64. The first kappa shape index (κ1) is 17.4. The first-order valence-electron chi connectivity index (χ1n) is 8.92. The van der Waals surface area contributed by atoms with Crippen LogP contribution in [0.25, 0.3) is 0 Å². The topological polar surface area (TPSA) is 67.6 Å². The summed E-state index contributed by atoms with van der Waals surface area (Å²) in [4.78, 5) is 14.6. The first-order chi connectivity index (χ1) is 11.3. The number of hydrogen-bond donors (Lipinski definition) is 1. The molecule has 1 N–H and O–H groups in total. The van der Waals surface area contributed by atoms with Gasteiger partial charge in [-0.15, -0.1) is 0 Å². The number of carbonyl (C=O) groups excluding carboxylic acids is 1. The van der Waals surface area contributed by atoms with Gasteiger partial charge in [-0.05, 0) is 40.5 Å². The van der Waals surface area contributed by atoms with Crippen LogP contribution in [0, 0.1) is 5.41 Å². The zero-order chi connectivity index (χ0) is 17.5. The largest absolute Gasteiger partial charge is 0.392 e. The molecule has 0 aromatic carbocycles. The summed E-state index contributed by atoms with van der Waals surface area (Å²) >= 11 is 0. The van der Waals surface area contributed by atoms with Gasteiger partial charge in [-0.25, -0.2) is 0 Å². The highest BCUT2D eigenvalue weighted by atomic mass is 16.5. The smallest absolute Gasteiger partial charge is 0.257 e. The predicted octanol–water partition coefficient (Wildman–Crippen LogP) is 2.03. The summed E-state index contributed by atoms with van der Waals surface area (Å²) in [5, 5.41) is 14.6. The Morgan fingerprint density at radius 2 is 2.08 bits per heavy atom. The molecule has 24 heavy (non-hydrogen) atoms. The molecule has 2 fully saturated rings. The molecule has 1 aliphatic carbocycles. The average Bonchev–Trinajstić information content (AvgIpc) is 3.04. The predicted molar refractivity (Wildman–Crippen MR) is 90.8 cm³/mol. The maximum atomic E-state index is 12.7. The molecule has 1 aromatic heterocycles. The fourth-order valence-electron chi connectivity index (χ4n) is 3.93. The van der Waals surface area contributed by atoms with E-state index in [1.807, 2.05) is 22.7 Å². The Labute approximate surface area is 143 Å². The molecule has 6 nitrogen and oxygen atoms in total. The number of carbonyl (C=O) groups is 1. The zero-order valence-corrected chi connectivity index (χ0v) is 15.2. The van der Waals surface area contributed by atoms with Gasteiger partial charge in [0.05, 0.1) is 29.5 Å². The molecule has 2 aliphatic rings. The molecule has 1 aromatic rings. The minimum absolute atomic E-state index is 0.0297. The fraction of sp³-hybridized carbons (Fsp3) is 0.778. The van der Waals surface area contributed by atoms with Gasteiger partial charge in [0.2, 0.25) is 0 Å². The highest BCUT2D eigenvalue weighted by Crippen LogP contribution is 2.51. The quantitative estimate of drug-likeness (QED) is 0.918. The Morgan fingerprint density at radius 1 is 1.42 bits per heavy atom. The molecule has 3 rings (SSSR count). The number of rotatable bonds is 3. The van der Waals surface area contributed by atoms with E-state index >= 15 is 0 Å². The number of aliphatic hydroxyl groups excluding tert-OH is 1. The van der Waals surface area contributed by atoms with Gasteiger partial charge < -0.3 is 14.7 Å². The van der Waals surface area contributed by atoms with E-state index in [2.05, 4.69) is 25.9 Å². The molecule has 0 bridgehead atoms. The van der Waals surface area contributed by atoms with Gasteiger partial charge in [0.15, 0.2) is 0 Å². The monoisotopic (exact) mass is 335 g/mol. The van der Waals surface area contributed by atoms with E-state index in [-0.39, 0.29) is 29.1 Å². The molecule has 6 heteroatoms. The molecule has 1 saturated carbocycles. The van der Waals surface area contributed by atoms with Crippen molar-refractivity contribution in [1.29, 1.82) is 0 Å². The molecule has 0 unspecified atom stereocenters. The van der Waals surface area contributed by atoms with Gasteiger partial charge in [-0.3, -0.25) is 9.48 Å². The lowest BCUT2D eigenvalue weighted by Crippen LogP contribution is -2.62. The van der Waals surface area contributed by atoms with Crippen LogP contribution in [0.5, 0.6) is 0 Å². The maximum absolute atomic E-state index is 12.7. The van der Waals surface area contributed by atoms with Crippen molar-refractivity contribution in [2.75, 3.05) is 19.7 Å². The third-order valence-electron chi connectivity index (χ3n) is 5.61. The Hall–Kier alpha value is -1.40. The summed E-state index contributed by atoms with van der Waals surface area (Å²) < 4.78 is 7.61. The summed E-state index contributed by atoms with van der Waals surface area (Å²) in [6.07, 6.45) is 5.65. The molecule has 2 heterocycles. The van der Waals surface area contributed by atoms with E-state index in [9.17, 15) is 9.90 Å². The normalized spacial score (nSPS) is 26.5. The van der Waals surface area contributed by atoms with Crippen molar-refractivity contribution in [2.24, 2.45) is 5.41 Å². The van der Waals surface area contributed by atoms with Crippen molar-refractivity contribution < 1.29 is 14.6 Å². The van der Waals surface area contributed by atoms with E-state index in [0.717, 1.165) is 19.3 Å². The number of ether oxygens (including phenoxy) is 1. The van der Waals surface area contributed by atoms with Crippen LogP contribution >= 0.6 is 0 Å². The minimum atomic E-state index is -0.296. The number of piperidine rings is 1. The Bertz CT molecular complexity index is 595. The van der Waals surface area contributed by atoms with Crippen LogP contribution in [-0.4, -0.2) is 57.6 Å². The second kappa shape index (κ2) is 6.15. The van der Waals surface area contributed by atoms with E-state index in [1.165, 1.54) is 0 Å². The van der Waals surface area contributed by atoms with Crippen molar-refractivity contribution in [2.45, 2.75) is 64.7 Å². The summed E-state index contributed by atoms with van der Waals surface area (Å²) in [5.74, 6) is 0.0297. The third kappa shape index (κ3) is 2.86. The fourth-order valence-corrected chi connectivity index (χ4v) is 3.93. The highest BCUT2D eigenvalue weighted by molar-refractivity contribution is 5.93. The maximum Gasteiger partial charge on any atom is 0.257 e. The van der Waals surface area contributed by atoms with Crippen molar-refractivity contribution in [3.63, 3.8) is 0 Å². The lowest BCUT2D eigenvalue weighted by atomic mass is 9.58. The molecule has 1 saturated heterocycles. The van der Waals surface area contributed by atoms with E-state index in [4.69, 9.17) is 4.74 Å². The molecule has 1 aliphatic heterocycles. The summed E-state index contributed by atoms with van der Waals surface area (Å²) in [6.45, 7) is 10.2. The molecule has 1 amide bonds. The lowest BCUT2D eigenvalue weighted by molar-refractivity contribution is -0.207. The van der Waals surface area contributed by atoms with Crippen LogP contribution in [0.4, 0.5) is 0 Å². The third-order valence-corrected chi connectivity index (χ3v) is 5.61. The lowest BCUT2D eigenvalue weighted by Gasteiger charge is -2.56. The van der Waals surface area contributed by atoms with Gasteiger partial charge >= 0.3 is 0 Å². The minimum Gasteiger partial charge on any atom is -0.392 e. The van der Waals surface area contributed by atoms with E-state index in [1.54, 1.807) is 6.20 Å². The first-order valence-corrected chi connectivity index (χ1v) is 8.92. The van der Waals surface area contributed by atoms with Crippen molar-refractivity contribution in [3.05, 3.63) is 18.0 Å². The van der Waals surface area contributed by atoms with Crippen LogP contribution in [0.3, 0.4) is 0 Å². The van der Waals surface area contributed by atoms with Crippen molar-refractivity contribution in [1.82, 2.24) is 14.7 Å². The average molecular weight is 335 g/mol. The number of aromatic nitrogens is 2. The molecule has 2 atom stereocenters. The van der Waals surface area contributed by atoms with E-state index in [0.29, 0.717) is 25.3 Å². The standard InChI is InChI=1S/C18H29N3O3/c1-5-24-15-10-14(22)18(15)6-8-20(9-7-18)16(23)13-11-19-21(12-13)17(2,3)4/h11-12,14-15,22H,5-10H2,1-4H3/t14-,15+/m1/s1. The second-order valence-corrected chi connectivity index (χ2v) is 8.07. The Morgan fingerprint density at radius 3 is 2.58 bits per heavy atom. The number of nitrogens with zero attached hydrogens (tertiary/aromatic N) is 3. The van der Waals surface area contributed by atoms with Crippen LogP contribution < -0.4 is 0 Å². The number of likely N-dealkylation sites (tertiary alicyclic amines) is 1. The van der Waals surface area contributed by atoms with Gasteiger partial charge in [-0.2, -0.15) is 5.10 Å². The van der Waals surface area contributed by atoms with Crippen LogP contribution in [0.15, 0.2) is 12.4 Å².